The Hall–Kier alpha value is -2.57. The minimum Gasteiger partial charge on any atom is -0.481 e. The van der Waals surface area contributed by atoms with Crippen LogP contribution in [0.5, 0.6) is 0 Å². The monoisotopic (exact) mass is 258 g/mol. The van der Waals surface area contributed by atoms with Gasteiger partial charge in [-0.2, -0.15) is 4.68 Å². The molecule has 1 unspecified atom stereocenters. The molecule has 0 spiro atoms. The van der Waals surface area contributed by atoms with Crippen molar-refractivity contribution in [3.63, 3.8) is 0 Å². The van der Waals surface area contributed by atoms with Crippen molar-refractivity contribution in [2.24, 2.45) is 10.1 Å². The molecule has 2 aliphatic heterocycles. The lowest BCUT2D eigenvalue weighted by Gasteiger charge is -2.09. The topological polar surface area (TPSA) is 96.9 Å². The summed E-state index contributed by atoms with van der Waals surface area (Å²) < 4.78 is 1.15. The zero-order valence-corrected chi connectivity index (χ0v) is 10.1. The summed E-state index contributed by atoms with van der Waals surface area (Å²) >= 11 is 0. The first-order valence-electron chi connectivity index (χ1n) is 5.72. The fraction of sp³-hybridized carbons (Fsp3) is 0.250. The number of aromatic nitrogens is 2. The molecular formula is C12H10N4O3. The number of allylic oxidation sites excluding steroid dienone is 1. The first-order chi connectivity index (χ1) is 9.08. The van der Waals surface area contributed by atoms with E-state index in [1.165, 1.54) is 0 Å². The largest absolute Gasteiger partial charge is 0.481 e. The lowest BCUT2D eigenvalue weighted by Crippen LogP contribution is -2.27. The maximum absolute atomic E-state index is 12.2. The smallest absolute Gasteiger partial charge is 0.308 e. The molecule has 0 saturated carbocycles. The van der Waals surface area contributed by atoms with E-state index in [1.54, 1.807) is 19.2 Å². The van der Waals surface area contributed by atoms with Crippen LogP contribution in [0.1, 0.15) is 23.0 Å². The number of hydrogen-bond acceptors (Lipinski definition) is 5. The summed E-state index contributed by atoms with van der Waals surface area (Å²) in [5, 5.41) is 12.9. The van der Waals surface area contributed by atoms with Crippen molar-refractivity contribution in [3.05, 3.63) is 39.6 Å². The van der Waals surface area contributed by atoms with Crippen LogP contribution in [0, 0.1) is 6.92 Å². The van der Waals surface area contributed by atoms with Gasteiger partial charge in [0.25, 0.3) is 5.56 Å². The van der Waals surface area contributed by atoms with Crippen LogP contribution in [-0.4, -0.2) is 32.8 Å². The number of rotatable bonds is 2. The predicted octanol–water partition coefficient (Wildman–Crippen LogP) is 0.0782. The highest BCUT2D eigenvalue weighted by molar-refractivity contribution is 6.01. The second-order valence-electron chi connectivity index (χ2n) is 4.32. The molecule has 7 nitrogen and oxygen atoms in total. The van der Waals surface area contributed by atoms with Gasteiger partial charge in [0.2, 0.25) is 0 Å². The van der Waals surface area contributed by atoms with Crippen molar-refractivity contribution in [1.29, 1.82) is 0 Å². The number of dihydropyridines is 1. The minimum absolute atomic E-state index is 0.159. The normalized spacial score (nSPS) is 19.0. The number of amidine groups is 1. The van der Waals surface area contributed by atoms with E-state index in [9.17, 15) is 9.59 Å². The molecule has 3 rings (SSSR count). The van der Waals surface area contributed by atoms with E-state index < -0.39 is 11.5 Å². The first-order valence-corrected chi connectivity index (χ1v) is 5.72. The molecule has 1 aromatic heterocycles. The van der Waals surface area contributed by atoms with Gasteiger partial charge in [0.05, 0.1) is 17.9 Å². The predicted molar refractivity (Wildman–Crippen MR) is 67.8 cm³/mol. The molecule has 3 heterocycles. The summed E-state index contributed by atoms with van der Waals surface area (Å²) in [6, 6.07) is 0. The second kappa shape index (κ2) is 3.98. The number of aryl methyl sites for hydroxylation is 1. The highest BCUT2D eigenvalue weighted by Crippen LogP contribution is 2.25. The van der Waals surface area contributed by atoms with Crippen LogP contribution < -0.4 is 5.56 Å². The van der Waals surface area contributed by atoms with Crippen LogP contribution >= 0.6 is 0 Å². The average molecular weight is 258 g/mol. The number of aliphatic carboxylic acids is 1. The van der Waals surface area contributed by atoms with Crippen LogP contribution in [-0.2, 0) is 11.2 Å². The molecule has 1 aromatic rings. The summed E-state index contributed by atoms with van der Waals surface area (Å²) in [7, 11) is 0. The van der Waals surface area contributed by atoms with Gasteiger partial charge < -0.3 is 5.11 Å². The van der Waals surface area contributed by atoms with E-state index in [4.69, 9.17) is 5.11 Å². The first kappa shape index (κ1) is 11.5. The molecule has 2 aliphatic rings. The lowest BCUT2D eigenvalue weighted by atomic mass is 10.1. The molecule has 0 fully saturated rings. The highest BCUT2D eigenvalue weighted by Gasteiger charge is 2.30. The summed E-state index contributed by atoms with van der Waals surface area (Å²) in [5.74, 6) is -0.308. The zero-order valence-electron chi connectivity index (χ0n) is 10.1. The van der Waals surface area contributed by atoms with Crippen molar-refractivity contribution in [3.8, 4) is 0 Å². The van der Waals surface area contributed by atoms with Crippen LogP contribution in [0.15, 0.2) is 27.0 Å². The number of carboxylic acids is 1. The van der Waals surface area contributed by atoms with Crippen molar-refractivity contribution in [1.82, 2.24) is 9.66 Å². The zero-order chi connectivity index (χ0) is 13.6. The molecule has 0 saturated heterocycles. The van der Waals surface area contributed by atoms with Gasteiger partial charge in [0, 0.05) is 11.9 Å². The number of carbonyl (C=O) groups is 1. The molecule has 0 bridgehead atoms. The number of nitrogens with zero attached hydrogens (tertiary/aromatic N) is 4. The van der Waals surface area contributed by atoms with Crippen LogP contribution in [0.3, 0.4) is 0 Å². The van der Waals surface area contributed by atoms with E-state index >= 15 is 0 Å². The molecule has 1 N–H and O–H groups in total. The lowest BCUT2D eigenvalue weighted by molar-refractivity contribution is -0.136. The Morgan fingerprint density at radius 2 is 2.32 bits per heavy atom. The van der Waals surface area contributed by atoms with Crippen molar-refractivity contribution in [2.75, 3.05) is 0 Å². The van der Waals surface area contributed by atoms with Gasteiger partial charge in [-0.3, -0.25) is 9.59 Å². The van der Waals surface area contributed by atoms with Crippen molar-refractivity contribution < 1.29 is 9.90 Å². The molecular weight excluding hydrogens is 248 g/mol. The standard InChI is InChI=1S/C12H10N4O3/c1-6-8(5-9(17)18)12(19)16-11(14-6)7-3-2-4-13-10(7)15-16/h2-4,7H,5H2,1H3,(H,17,18). The molecule has 1 atom stereocenters. The SMILES string of the molecule is Cc1nc2n(c(=O)c1CC(=O)O)N=C1N=CC=CC12. The van der Waals surface area contributed by atoms with Crippen LogP contribution in [0.25, 0.3) is 0 Å². The maximum atomic E-state index is 12.2. The van der Waals surface area contributed by atoms with Crippen molar-refractivity contribution in [2.45, 2.75) is 19.3 Å². The summed E-state index contributed by atoms with van der Waals surface area (Å²) in [5.41, 5.74) is 0.153. The van der Waals surface area contributed by atoms with Crippen molar-refractivity contribution >= 4 is 18.0 Å². The Balaban J connectivity index is 2.20. The number of hydrogen-bond donors (Lipinski definition) is 1. The van der Waals surface area contributed by atoms with Gasteiger partial charge in [0.15, 0.2) is 5.84 Å². The van der Waals surface area contributed by atoms with E-state index in [0.717, 1.165) is 4.68 Å². The Bertz CT molecular complexity index is 727. The number of aliphatic imine (C=N–C) groups is 1. The third kappa shape index (κ3) is 1.70. The van der Waals surface area contributed by atoms with Gasteiger partial charge in [-0.25, -0.2) is 9.98 Å². The summed E-state index contributed by atoms with van der Waals surface area (Å²) in [6.07, 6.45) is 4.86. The fourth-order valence-electron chi connectivity index (χ4n) is 2.16. The van der Waals surface area contributed by atoms with E-state index in [1.807, 2.05) is 6.08 Å². The second-order valence-corrected chi connectivity index (χ2v) is 4.32. The summed E-state index contributed by atoms with van der Waals surface area (Å²) in [6.45, 7) is 1.63. The van der Waals surface area contributed by atoms with E-state index in [0.29, 0.717) is 17.4 Å². The third-order valence-electron chi connectivity index (χ3n) is 3.07. The highest BCUT2D eigenvalue weighted by atomic mass is 16.4. The van der Waals surface area contributed by atoms with Crippen LogP contribution in [0.2, 0.25) is 0 Å². The Morgan fingerprint density at radius 1 is 1.53 bits per heavy atom. The Morgan fingerprint density at radius 3 is 3.05 bits per heavy atom. The number of fused-ring (bicyclic) bond motifs is 3. The van der Waals surface area contributed by atoms with Gasteiger partial charge in [-0.1, -0.05) is 6.08 Å². The third-order valence-corrected chi connectivity index (χ3v) is 3.07. The fourth-order valence-corrected chi connectivity index (χ4v) is 2.16. The van der Waals surface area contributed by atoms with E-state index in [-0.39, 0.29) is 17.9 Å². The molecule has 0 amide bonds. The quantitative estimate of drug-likeness (QED) is 0.812. The number of carboxylic acid groups (broad SMARTS) is 1. The molecule has 96 valence electrons. The molecule has 7 heteroatoms. The molecule has 0 aromatic carbocycles. The Kier molecular flexibility index (Phi) is 2.41. The van der Waals surface area contributed by atoms with E-state index in [2.05, 4.69) is 15.1 Å². The van der Waals surface area contributed by atoms with Gasteiger partial charge in [0.1, 0.15) is 5.82 Å². The van der Waals surface area contributed by atoms with Gasteiger partial charge >= 0.3 is 5.97 Å². The minimum atomic E-state index is -1.07. The molecule has 0 aliphatic carbocycles. The van der Waals surface area contributed by atoms with Gasteiger partial charge in [-0.05, 0) is 13.0 Å². The Labute approximate surface area is 107 Å². The van der Waals surface area contributed by atoms with Crippen LogP contribution in [0.4, 0.5) is 0 Å². The molecule has 0 radical (unpaired) electrons. The average Bonchev–Trinajstić information content (AvgIpc) is 2.73. The van der Waals surface area contributed by atoms with Gasteiger partial charge in [-0.15, -0.1) is 5.10 Å². The molecule has 19 heavy (non-hydrogen) atoms. The maximum Gasteiger partial charge on any atom is 0.308 e. The summed E-state index contributed by atoms with van der Waals surface area (Å²) in [4.78, 5) is 31.4.